The van der Waals surface area contributed by atoms with Gasteiger partial charge in [-0.15, -0.1) is 0 Å². The van der Waals surface area contributed by atoms with Crippen molar-refractivity contribution in [3.05, 3.63) is 76.0 Å². The normalized spacial score (nSPS) is 20.6. The Morgan fingerprint density at radius 1 is 1.09 bits per heavy atom. The summed E-state index contributed by atoms with van der Waals surface area (Å²) in [6.45, 7) is 4.33. The number of rotatable bonds is 3. The van der Waals surface area contributed by atoms with Crippen LogP contribution in [0.1, 0.15) is 37.8 Å². The summed E-state index contributed by atoms with van der Waals surface area (Å²) in [4.78, 5) is 0. The van der Waals surface area contributed by atoms with Crippen LogP contribution < -0.4 is 0 Å². The van der Waals surface area contributed by atoms with Crippen LogP contribution in [-0.4, -0.2) is 16.5 Å². The predicted octanol–water partition coefficient (Wildman–Crippen LogP) is 5.07. The number of benzene rings is 2. The summed E-state index contributed by atoms with van der Waals surface area (Å²) in [5.74, 6) is 0. The fourth-order valence-corrected chi connectivity index (χ4v) is 3.56. The van der Waals surface area contributed by atoms with Crippen molar-refractivity contribution in [3.8, 4) is 0 Å². The van der Waals surface area contributed by atoms with Crippen LogP contribution in [0.3, 0.4) is 0 Å². The molecule has 0 radical (unpaired) electrons. The van der Waals surface area contributed by atoms with Crippen LogP contribution in [-0.2, 0) is 6.42 Å². The molecule has 120 valence electrons. The van der Waals surface area contributed by atoms with E-state index in [9.17, 15) is 5.21 Å². The molecular weight excluding hydrogens is 306 g/mol. The van der Waals surface area contributed by atoms with Crippen molar-refractivity contribution < 1.29 is 4.74 Å². The molecule has 0 amide bonds. The zero-order valence-corrected chi connectivity index (χ0v) is 14.4. The molecule has 2 aromatic rings. The maximum absolute atomic E-state index is 13.1. The summed E-state index contributed by atoms with van der Waals surface area (Å²) >= 11 is 5.95. The van der Waals surface area contributed by atoms with Gasteiger partial charge in [-0.1, -0.05) is 41.9 Å². The topological polar surface area (TPSA) is 26.1 Å². The maximum atomic E-state index is 13.1. The molecular formula is C20H22ClNO. The lowest BCUT2D eigenvalue weighted by Crippen LogP contribution is -2.43. The summed E-state index contributed by atoms with van der Waals surface area (Å²) in [6, 6.07) is 17.8. The minimum atomic E-state index is -0.0976. The number of nitrogens with zero attached hydrogens (tertiary/aromatic N) is 1. The van der Waals surface area contributed by atoms with Crippen LogP contribution in [0.15, 0.2) is 54.6 Å². The van der Waals surface area contributed by atoms with E-state index < -0.39 is 0 Å². The average molecular weight is 328 g/mol. The molecule has 1 atom stereocenters. The van der Waals surface area contributed by atoms with E-state index in [1.165, 1.54) is 4.74 Å². The second-order valence-corrected chi connectivity index (χ2v) is 7.38. The molecule has 0 spiro atoms. The van der Waals surface area contributed by atoms with Gasteiger partial charge in [0.05, 0.1) is 5.41 Å². The van der Waals surface area contributed by atoms with Gasteiger partial charge < -0.3 is 5.21 Å². The zero-order chi connectivity index (χ0) is 16.4. The third kappa shape index (κ3) is 3.42. The second-order valence-electron chi connectivity index (χ2n) is 6.95. The first-order chi connectivity index (χ1) is 11.0. The maximum Gasteiger partial charge on any atom is 0.200 e. The van der Waals surface area contributed by atoms with Crippen molar-refractivity contribution in [2.75, 3.05) is 0 Å². The van der Waals surface area contributed by atoms with Crippen molar-refractivity contribution in [3.63, 3.8) is 0 Å². The van der Waals surface area contributed by atoms with Gasteiger partial charge in [0.15, 0.2) is 11.8 Å². The molecule has 2 aromatic carbocycles. The smallest absolute Gasteiger partial charge is 0.200 e. The van der Waals surface area contributed by atoms with Gasteiger partial charge in [0.1, 0.15) is 0 Å². The standard InChI is InChI=1S/C20H22ClNO/c1-20(2)13-12-18(14-15-8-10-17(21)11-9-15)22(23)19(20)16-6-4-3-5-7-16/h3-11,18H,12-14H2,1-2H3/t18-/m0/s1. The lowest BCUT2D eigenvalue weighted by molar-refractivity contribution is -0.511. The van der Waals surface area contributed by atoms with E-state index in [1.807, 2.05) is 54.6 Å². The van der Waals surface area contributed by atoms with Crippen LogP contribution in [0.5, 0.6) is 0 Å². The van der Waals surface area contributed by atoms with Crippen molar-refractivity contribution >= 4 is 17.3 Å². The average Bonchev–Trinajstić information content (AvgIpc) is 2.53. The Kier molecular flexibility index (Phi) is 4.45. The summed E-state index contributed by atoms with van der Waals surface area (Å²) < 4.78 is 1.26. The first-order valence-corrected chi connectivity index (χ1v) is 8.49. The first-order valence-electron chi connectivity index (χ1n) is 8.11. The largest absolute Gasteiger partial charge is 0.623 e. The monoisotopic (exact) mass is 327 g/mol. The highest BCUT2D eigenvalue weighted by Gasteiger charge is 2.40. The highest BCUT2D eigenvalue weighted by Crippen LogP contribution is 2.34. The zero-order valence-electron chi connectivity index (χ0n) is 13.6. The second kappa shape index (κ2) is 6.37. The van der Waals surface area contributed by atoms with Gasteiger partial charge in [0.2, 0.25) is 0 Å². The molecule has 0 N–H and O–H groups in total. The van der Waals surface area contributed by atoms with Crippen molar-refractivity contribution in [2.45, 2.75) is 39.2 Å². The lowest BCUT2D eigenvalue weighted by Gasteiger charge is -2.34. The molecule has 23 heavy (non-hydrogen) atoms. The first kappa shape index (κ1) is 16.1. The van der Waals surface area contributed by atoms with Crippen LogP contribution >= 0.6 is 11.6 Å². The Morgan fingerprint density at radius 3 is 2.39 bits per heavy atom. The fourth-order valence-electron chi connectivity index (χ4n) is 3.44. The molecule has 0 aromatic heterocycles. The van der Waals surface area contributed by atoms with Crippen LogP contribution in [0, 0.1) is 10.6 Å². The number of halogens is 1. The van der Waals surface area contributed by atoms with Gasteiger partial charge in [-0.05, 0) is 50.1 Å². The third-order valence-electron chi connectivity index (χ3n) is 4.73. The van der Waals surface area contributed by atoms with Crippen LogP contribution in [0.25, 0.3) is 0 Å². The van der Waals surface area contributed by atoms with E-state index in [0.29, 0.717) is 0 Å². The van der Waals surface area contributed by atoms with E-state index in [4.69, 9.17) is 11.6 Å². The summed E-state index contributed by atoms with van der Waals surface area (Å²) in [6.07, 6.45) is 2.69. The van der Waals surface area contributed by atoms with Gasteiger partial charge in [-0.2, -0.15) is 0 Å². The molecule has 1 heterocycles. The molecule has 1 aliphatic rings. The Hall–Kier alpha value is -1.80. The van der Waals surface area contributed by atoms with Gasteiger partial charge in [-0.25, -0.2) is 4.74 Å². The molecule has 0 unspecified atom stereocenters. The molecule has 0 fully saturated rings. The van der Waals surface area contributed by atoms with Gasteiger partial charge >= 0.3 is 0 Å². The third-order valence-corrected chi connectivity index (χ3v) is 4.98. The van der Waals surface area contributed by atoms with Gasteiger partial charge in [-0.3, -0.25) is 0 Å². The Bertz CT molecular complexity index is 704. The quantitative estimate of drug-likeness (QED) is 0.571. The summed E-state index contributed by atoms with van der Waals surface area (Å²) in [7, 11) is 0. The van der Waals surface area contributed by atoms with Crippen molar-refractivity contribution in [1.82, 2.24) is 0 Å². The minimum absolute atomic E-state index is 0.0144. The summed E-state index contributed by atoms with van der Waals surface area (Å²) in [5.41, 5.74) is 3.00. The van der Waals surface area contributed by atoms with Crippen LogP contribution in [0.2, 0.25) is 5.02 Å². The SMILES string of the molecule is CC1(C)CC[C@@H](Cc2ccc(Cl)cc2)[N+]([O-])=C1c1ccccc1. The fraction of sp³-hybridized carbons (Fsp3) is 0.350. The Labute approximate surface area is 143 Å². The van der Waals surface area contributed by atoms with E-state index in [0.717, 1.165) is 41.1 Å². The van der Waals surface area contributed by atoms with E-state index >= 15 is 0 Å². The Morgan fingerprint density at radius 2 is 1.74 bits per heavy atom. The predicted molar refractivity (Wildman–Crippen MR) is 96.1 cm³/mol. The minimum Gasteiger partial charge on any atom is -0.623 e. The number of hydrogen-bond donors (Lipinski definition) is 0. The molecule has 3 heteroatoms. The van der Waals surface area contributed by atoms with E-state index in [2.05, 4.69) is 13.8 Å². The molecule has 1 aliphatic heterocycles. The van der Waals surface area contributed by atoms with Gasteiger partial charge in [0, 0.05) is 23.4 Å². The van der Waals surface area contributed by atoms with E-state index in [1.54, 1.807) is 0 Å². The number of hydroxylamine groups is 1. The highest BCUT2D eigenvalue weighted by molar-refractivity contribution is 6.30. The molecule has 2 nitrogen and oxygen atoms in total. The van der Waals surface area contributed by atoms with Crippen LogP contribution in [0.4, 0.5) is 0 Å². The molecule has 0 saturated carbocycles. The van der Waals surface area contributed by atoms with Gasteiger partial charge in [0.25, 0.3) is 0 Å². The lowest BCUT2D eigenvalue weighted by atomic mass is 9.75. The summed E-state index contributed by atoms with van der Waals surface area (Å²) in [5, 5.41) is 13.8. The molecule has 0 aliphatic carbocycles. The van der Waals surface area contributed by atoms with E-state index in [-0.39, 0.29) is 11.5 Å². The molecule has 0 bridgehead atoms. The van der Waals surface area contributed by atoms with Crippen molar-refractivity contribution in [2.24, 2.45) is 5.41 Å². The Balaban J connectivity index is 1.95. The highest BCUT2D eigenvalue weighted by atomic mass is 35.5. The van der Waals surface area contributed by atoms with Crippen molar-refractivity contribution in [1.29, 1.82) is 0 Å². The molecule has 3 rings (SSSR count). The number of hydrogen-bond acceptors (Lipinski definition) is 1. The molecule has 0 saturated heterocycles.